The van der Waals surface area contributed by atoms with Crippen LogP contribution in [-0.4, -0.2) is 50.2 Å². The number of amides is 2. The van der Waals surface area contributed by atoms with Gasteiger partial charge in [0.1, 0.15) is 5.41 Å². The van der Waals surface area contributed by atoms with E-state index in [2.05, 4.69) is 0 Å². The normalized spacial score (nSPS) is 19.1. The average Bonchev–Trinajstić information content (AvgIpc) is 3.23. The minimum absolute atomic E-state index is 0.224. The van der Waals surface area contributed by atoms with Crippen molar-refractivity contribution in [3.63, 3.8) is 0 Å². The fourth-order valence-corrected chi connectivity index (χ4v) is 3.82. The topological polar surface area (TPSA) is 104 Å². The van der Waals surface area contributed by atoms with Gasteiger partial charge in [-0.25, -0.2) is 0 Å². The predicted molar refractivity (Wildman–Crippen MR) is 107 cm³/mol. The van der Waals surface area contributed by atoms with Gasteiger partial charge in [0, 0.05) is 0 Å². The molecule has 1 aliphatic rings. The van der Waals surface area contributed by atoms with Crippen LogP contribution in [0.5, 0.6) is 0 Å². The molecule has 0 bridgehead atoms. The summed E-state index contributed by atoms with van der Waals surface area (Å²) in [6.07, 6.45) is 1.99. The Labute approximate surface area is 164 Å². The molecule has 27 heavy (non-hydrogen) atoms. The van der Waals surface area contributed by atoms with Gasteiger partial charge < -0.3 is 20.8 Å². The Morgan fingerprint density at radius 1 is 0.926 bits per heavy atom. The first-order valence-electron chi connectivity index (χ1n) is 10.1. The third-order valence-corrected chi connectivity index (χ3v) is 5.56. The van der Waals surface area contributed by atoms with Gasteiger partial charge in [-0.1, -0.05) is 27.7 Å². The highest BCUT2D eigenvalue weighted by molar-refractivity contribution is 6.07. The van der Waals surface area contributed by atoms with E-state index in [9.17, 15) is 19.8 Å². The maximum atomic E-state index is 13.6. The van der Waals surface area contributed by atoms with Crippen LogP contribution in [0.3, 0.4) is 0 Å². The minimum Gasteiger partial charge on any atom is -0.388 e. The summed E-state index contributed by atoms with van der Waals surface area (Å²) in [6, 6.07) is -1.06. The zero-order chi connectivity index (χ0) is 21.4. The van der Waals surface area contributed by atoms with E-state index in [4.69, 9.17) is 5.73 Å². The van der Waals surface area contributed by atoms with Gasteiger partial charge in [0.25, 0.3) is 0 Å². The van der Waals surface area contributed by atoms with Crippen LogP contribution < -0.4 is 5.73 Å². The molecule has 1 rings (SSSR count). The van der Waals surface area contributed by atoms with Gasteiger partial charge in [-0.05, 0) is 65.2 Å². The Morgan fingerprint density at radius 2 is 1.26 bits per heavy atom. The Kier molecular flexibility index (Phi) is 7.15. The third-order valence-electron chi connectivity index (χ3n) is 5.56. The standard InChI is InChI=1S/C21H40N2O4/c1-13(2)11-15(19(5,6)26)23(16(12-14(3)4)20(7,8)27)18(25)21(9-10-21)17(22)24/h13-16,26-27H,9-12H2,1-8H3,(H2,22,24). The van der Waals surface area contributed by atoms with Crippen molar-refractivity contribution in [3.05, 3.63) is 0 Å². The van der Waals surface area contributed by atoms with E-state index in [1.165, 1.54) is 0 Å². The van der Waals surface area contributed by atoms with E-state index in [0.29, 0.717) is 25.7 Å². The monoisotopic (exact) mass is 384 g/mol. The van der Waals surface area contributed by atoms with E-state index in [1.807, 2.05) is 27.7 Å². The molecule has 0 saturated heterocycles. The summed E-state index contributed by atoms with van der Waals surface area (Å²) in [5.74, 6) is -0.518. The highest BCUT2D eigenvalue weighted by atomic mass is 16.3. The van der Waals surface area contributed by atoms with Crippen molar-refractivity contribution < 1.29 is 19.8 Å². The largest absolute Gasteiger partial charge is 0.388 e. The fraction of sp³-hybridized carbons (Fsp3) is 0.905. The zero-order valence-corrected chi connectivity index (χ0v) is 18.4. The molecule has 1 aliphatic carbocycles. The molecule has 4 N–H and O–H groups in total. The van der Waals surface area contributed by atoms with Gasteiger partial charge in [0.2, 0.25) is 11.8 Å². The van der Waals surface area contributed by atoms with Crippen LogP contribution in [0.2, 0.25) is 0 Å². The molecular weight excluding hydrogens is 344 g/mol. The van der Waals surface area contributed by atoms with Crippen LogP contribution >= 0.6 is 0 Å². The maximum Gasteiger partial charge on any atom is 0.238 e. The van der Waals surface area contributed by atoms with E-state index >= 15 is 0 Å². The molecule has 0 heterocycles. The van der Waals surface area contributed by atoms with Crippen molar-refractivity contribution in [2.24, 2.45) is 23.0 Å². The van der Waals surface area contributed by atoms with Crippen LogP contribution in [0.15, 0.2) is 0 Å². The highest BCUT2D eigenvalue weighted by Gasteiger charge is 2.60. The third kappa shape index (κ3) is 5.67. The molecule has 0 aromatic heterocycles. The van der Waals surface area contributed by atoms with E-state index in [0.717, 1.165) is 0 Å². The van der Waals surface area contributed by atoms with E-state index in [1.54, 1.807) is 32.6 Å². The summed E-state index contributed by atoms with van der Waals surface area (Å²) in [5.41, 5.74) is 2.01. The zero-order valence-electron chi connectivity index (χ0n) is 18.4. The summed E-state index contributed by atoms with van der Waals surface area (Å²) in [5, 5.41) is 21.9. The highest BCUT2D eigenvalue weighted by Crippen LogP contribution is 2.49. The summed E-state index contributed by atoms with van der Waals surface area (Å²) in [6.45, 7) is 14.9. The SMILES string of the molecule is CC(C)CC(N(C(=O)C1(C(N)=O)CC1)C(CC(C)C)C(C)(C)O)C(C)(C)O. The Hall–Kier alpha value is -1.14. The molecule has 1 saturated carbocycles. The molecule has 6 heteroatoms. The lowest BCUT2D eigenvalue weighted by atomic mass is 9.82. The van der Waals surface area contributed by atoms with Crippen molar-refractivity contribution in [2.75, 3.05) is 0 Å². The molecule has 6 nitrogen and oxygen atoms in total. The minimum atomic E-state index is -1.19. The number of aliphatic hydroxyl groups is 2. The van der Waals surface area contributed by atoms with Crippen molar-refractivity contribution in [3.8, 4) is 0 Å². The van der Waals surface area contributed by atoms with Crippen molar-refractivity contribution in [2.45, 2.75) is 104 Å². The van der Waals surface area contributed by atoms with Crippen molar-refractivity contribution in [1.82, 2.24) is 4.90 Å². The molecule has 1 fully saturated rings. The lowest BCUT2D eigenvalue weighted by Crippen LogP contribution is -2.64. The Balaban J connectivity index is 3.53. The second-order valence-corrected chi connectivity index (χ2v) is 10.3. The molecule has 158 valence electrons. The number of carbonyl (C=O) groups excluding carboxylic acids is 2. The molecule has 0 aromatic carbocycles. The van der Waals surface area contributed by atoms with Crippen molar-refractivity contribution in [1.29, 1.82) is 0 Å². The average molecular weight is 385 g/mol. The molecule has 2 unspecified atom stereocenters. The van der Waals surface area contributed by atoms with Gasteiger partial charge in [0.15, 0.2) is 0 Å². The number of hydrogen-bond acceptors (Lipinski definition) is 4. The first-order valence-corrected chi connectivity index (χ1v) is 10.1. The number of primary amides is 1. The molecule has 0 radical (unpaired) electrons. The summed E-state index contributed by atoms with van der Waals surface area (Å²) in [7, 11) is 0. The number of nitrogens with zero attached hydrogens (tertiary/aromatic N) is 1. The molecule has 0 aromatic rings. The fourth-order valence-electron chi connectivity index (χ4n) is 3.82. The summed E-state index contributed by atoms with van der Waals surface area (Å²) >= 11 is 0. The smallest absolute Gasteiger partial charge is 0.238 e. The quantitative estimate of drug-likeness (QED) is 0.503. The van der Waals surface area contributed by atoms with Crippen LogP contribution in [-0.2, 0) is 9.59 Å². The lowest BCUT2D eigenvalue weighted by molar-refractivity contribution is -0.163. The van der Waals surface area contributed by atoms with Gasteiger partial charge in [-0.3, -0.25) is 9.59 Å². The lowest BCUT2D eigenvalue weighted by Gasteiger charge is -2.49. The first-order chi connectivity index (χ1) is 12.0. The predicted octanol–water partition coefficient (Wildman–Crippen LogP) is 2.45. The molecular formula is C21H40N2O4. The van der Waals surface area contributed by atoms with E-state index in [-0.39, 0.29) is 17.7 Å². The molecule has 0 spiro atoms. The van der Waals surface area contributed by atoms with Gasteiger partial charge in [-0.2, -0.15) is 0 Å². The molecule has 2 amide bonds. The molecule has 0 aliphatic heterocycles. The van der Waals surface area contributed by atoms with Crippen LogP contribution in [0.1, 0.15) is 81.1 Å². The van der Waals surface area contributed by atoms with Crippen LogP contribution in [0.25, 0.3) is 0 Å². The van der Waals surface area contributed by atoms with Crippen LogP contribution in [0.4, 0.5) is 0 Å². The Morgan fingerprint density at radius 3 is 1.44 bits per heavy atom. The number of carbonyl (C=O) groups is 2. The number of nitrogens with two attached hydrogens (primary N) is 1. The second-order valence-electron chi connectivity index (χ2n) is 10.3. The maximum absolute atomic E-state index is 13.6. The Bertz CT molecular complexity index is 511. The van der Waals surface area contributed by atoms with Crippen LogP contribution in [0, 0.1) is 17.3 Å². The molecule has 2 atom stereocenters. The summed E-state index contributed by atoms with van der Waals surface area (Å²) in [4.78, 5) is 27.3. The van der Waals surface area contributed by atoms with Gasteiger partial charge >= 0.3 is 0 Å². The number of hydrogen-bond donors (Lipinski definition) is 3. The summed E-state index contributed by atoms with van der Waals surface area (Å²) < 4.78 is 0. The van der Waals surface area contributed by atoms with Crippen molar-refractivity contribution >= 4 is 11.8 Å². The first kappa shape index (κ1) is 23.9. The van der Waals surface area contributed by atoms with Gasteiger partial charge in [-0.15, -0.1) is 0 Å². The van der Waals surface area contributed by atoms with Gasteiger partial charge in [0.05, 0.1) is 23.3 Å². The number of rotatable bonds is 10. The second kappa shape index (κ2) is 8.08. The van der Waals surface area contributed by atoms with E-state index < -0.39 is 34.6 Å².